The van der Waals surface area contributed by atoms with Crippen LogP contribution in [0.2, 0.25) is 0 Å². The van der Waals surface area contributed by atoms with Crippen molar-refractivity contribution in [2.75, 3.05) is 7.05 Å². The van der Waals surface area contributed by atoms with Gasteiger partial charge in [-0.3, -0.25) is 19.7 Å². The van der Waals surface area contributed by atoms with Gasteiger partial charge in [0.15, 0.2) is 11.9 Å². The first-order valence-corrected chi connectivity index (χ1v) is 10.6. The number of aromatic nitrogens is 5. The number of carbonyl (C=O) groups is 2. The number of rotatable bonds is 8. The third-order valence-corrected chi connectivity index (χ3v) is 6.45. The van der Waals surface area contributed by atoms with Crippen molar-refractivity contribution in [2.24, 2.45) is 17.9 Å². The summed E-state index contributed by atoms with van der Waals surface area (Å²) in [5, 5.41) is 13.9. The normalized spacial score (nSPS) is 11.5. The number of aromatic amines is 1. The molecule has 12 heteroatoms. The monoisotopic (exact) mass is 442 g/mol. The van der Waals surface area contributed by atoms with Gasteiger partial charge in [0.25, 0.3) is 5.91 Å². The summed E-state index contributed by atoms with van der Waals surface area (Å²) >= 11 is 2.72. The van der Waals surface area contributed by atoms with Crippen LogP contribution in [-0.4, -0.2) is 55.2 Å². The van der Waals surface area contributed by atoms with Crippen LogP contribution < -0.4 is 5.73 Å². The van der Waals surface area contributed by atoms with E-state index in [0.717, 1.165) is 27.3 Å². The Labute approximate surface area is 179 Å². The van der Waals surface area contributed by atoms with Crippen molar-refractivity contribution in [3.05, 3.63) is 50.3 Å². The topological polar surface area (TPSA) is 135 Å². The first kappa shape index (κ1) is 19.9. The Morgan fingerprint density at radius 1 is 1.47 bits per heavy atom. The minimum atomic E-state index is -0.507. The van der Waals surface area contributed by atoms with Crippen molar-refractivity contribution in [3.8, 4) is 0 Å². The lowest BCUT2D eigenvalue weighted by molar-refractivity contribution is 0.100. The number of nitrogens with one attached hydrogen (secondary N) is 1. The Morgan fingerprint density at radius 3 is 3.00 bits per heavy atom. The van der Waals surface area contributed by atoms with Gasteiger partial charge in [-0.05, 0) is 6.07 Å². The number of carbonyl (C=O) groups excluding carboxylic acids is 2. The fourth-order valence-corrected chi connectivity index (χ4v) is 4.85. The summed E-state index contributed by atoms with van der Waals surface area (Å²) < 4.78 is 2.65. The molecule has 0 saturated heterocycles. The highest BCUT2D eigenvalue weighted by atomic mass is 32.1. The lowest BCUT2D eigenvalue weighted by atomic mass is 10.3. The van der Waals surface area contributed by atoms with E-state index in [1.165, 1.54) is 22.7 Å². The number of fused-ring (bicyclic) bond motifs is 1. The van der Waals surface area contributed by atoms with Crippen LogP contribution in [0.15, 0.2) is 22.9 Å². The number of aldehydes is 1. The second-order valence-corrected chi connectivity index (χ2v) is 8.49. The van der Waals surface area contributed by atoms with E-state index in [0.29, 0.717) is 34.8 Å². The number of hydrogen-bond donors (Lipinski definition) is 2. The molecule has 0 fully saturated rings. The van der Waals surface area contributed by atoms with E-state index >= 15 is 0 Å². The van der Waals surface area contributed by atoms with E-state index in [4.69, 9.17) is 5.73 Å². The van der Waals surface area contributed by atoms with Crippen molar-refractivity contribution in [2.45, 2.75) is 13.0 Å². The van der Waals surface area contributed by atoms with Gasteiger partial charge in [-0.1, -0.05) is 0 Å². The largest absolute Gasteiger partial charge is 0.365 e. The van der Waals surface area contributed by atoms with E-state index in [9.17, 15) is 9.59 Å². The summed E-state index contributed by atoms with van der Waals surface area (Å²) in [7, 11) is 3.57. The maximum atomic E-state index is 11.7. The van der Waals surface area contributed by atoms with Gasteiger partial charge in [0.1, 0.15) is 9.88 Å². The molecule has 1 amide bonds. The Kier molecular flexibility index (Phi) is 5.42. The molecule has 10 nitrogen and oxygen atoms in total. The summed E-state index contributed by atoms with van der Waals surface area (Å²) in [6.45, 7) is 0.318. The SMILES string of the molecule is CN(Cc1ncsc1C(N)=O)/N=C\c1c(C=O)n(C)c2nc(Cc3ccn[nH]3)sc12. The summed E-state index contributed by atoms with van der Waals surface area (Å²) in [5.41, 5.74) is 10.4. The molecule has 154 valence electrons. The van der Waals surface area contributed by atoms with Crippen LogP contribution in [0, 0.1) is 0 Å². The molecule has 0 unspecified atom stereocenters. The van der Waals surface area contributed by atoms with E-state index in [1.54, 1.807) is 41.6 Å². The number of hydrogen-bond acceptors (Lipinski definition) is 9. The van der Waals surface area contributed by atoms with Crippen molar-refractivity contribution < 1.29 is 9.59 Å². The van der Waals surface area contributed by atoms with Crippen LogP contribution in [-0.2, 0) is 20.0 Å². The number of aryl methyl sites for hydroxylation is 1. The smallest absolute Gasteiger partial charge is 0.260 e. The molecular weight excluding hydrogens is 424 g/mol. The molecule has 0 aliphatic rings. The van der Waals surface area contributed by atoms with Gasteiger partial charge >= 0.3 is 0 Å². The van der Waals surface area contributed by atoms with Gasteiger partial charge in [0, 0.05) is 38.0 Å². The third-order valence-electron chi connectivity index (χ3n) is 4.49. The Morgan fingerprint density at radius 2 is 2.30 bits per heavy atom. The van der Waals surface area contributed by atoms with E-state index in [1.807, 2.05) is 6.07 Å². The van der Waals surface area contributed by atoms with Crippen LogP contribution in [0.3, 0.4) is 0 Å². The Bertz CT molecular complexity index is 1230. The van der Waals surface area contributed by atoms with Crippen LogP contribution >= 0.6 is 22.7 Å². The fourth-order valence-electron chi connectivity index (χ4n) is 3.05. The van der Waals surface area contributed by atoms with E-state index < -0.39 is 5.91 Å². The number of H-pyrrole nitrogens is 1. The minimum absolute atomic E-state index is 0.318. The first-order valence-electron chi connectivity index (χ1n) is 8.86. The second kappa shape index (κ2) is 8.16. The predicted molar refractivity (Wildman–Crippen MR) is 115 cm³/mol. The second-order valence-electron chi connectivity index (χ2n) is 6.55. The number of primary amides is 1. The van der Waals surface area contributed by atoms with E-state index in [2.05, 4.69) is 25.3 Å². The summed E-state index contributed by atoms with van der Waals surface area (Å²) in [6.07, 6.45) is 4.77. The van der Waals surface area contributed by atoms with Crippen molar-refractivity contribution in [1.82, 2.24) is 29.7 Å². The van der Waals surface area contributed by atoms with Crippen molar-refractivity contribution in [3.63, 3.8) is 0 Å². The highest BCUT2D eigenvalue weighted by Crippen LogP contribution is 2.30. The third kappa shape index (κ3) is 3.74. The molecule has 4 aromatic heterocycles. The number of nitrogens with zero attached hydrogens (tertiary/aromatic N) is 6. The van der Waals surface area contributed by atoms with Crippen LogP contribution in [0.1, 0.15) is 42.1 Å². The lowest BCUT2D eigenvalue weighted by Crippen LogP contribution is -2.17. The number of thiazole rings is 2. The molecule has 4 aromatic rings. The van der Waals surface area contributed by atoms with Gasteiger partial charge in [-0.15, -0.1) is 22.7 Å². The fraction of sp³-hybridized carbons (Fsp3) is 0.222. The molecule has 0 spiro atoms. The molecule has 0 atom stereocenters. The molecule has 0 bridgehead atoms. The molecule has 30 heavy (non-hydrogen) atoms. The average molecular weight is 443 g/mol. The molecule has 4 rings (SSSR count). The maximum absolute atomic E-state index is 11.7. The highest BCUT2D eigenvalue weighted by molar-refractivity contribution is 7.19. The quantitative estimate of drug-likeness (QED) is 0.243. The summed E-state index contributed by atoms with van der Waals surface area (Å²) in [6, 6.07) is 1.90. The maximum Gasteiger partial charge on any atom is 0.260 e. The molecule has 0 saturated carbocycles. The van der Waals surface area contributed by atoms with Gasteiger partial charge in [0.2, 0.25) is 0 Å². The van der Waals surface area contributed by atoms with Crippen LogP contribution in [0.25, 0.3) is 10.3 Å². The molecule has 0 radical (unpaired) electrons. The molecule has 4 heterocycles. The van der Waals surface area contributed by atoms with E-state index in [-0.39, 0.29) is 0 Å². The lowest BCUT2D eigenvalue weighted by Gasteiger charge is -2.11. The first-order chi connectivity index (χ1) is 14.5. The zero-order valence-electron chi connectivity index (χ0n) is 16.2. The molecular formula is C18H18N8O2S2. The number of nitrogens with two attached hydrogens (primary N) is 1. The minimum Gasteiger partial charge on any atom is -0.365 e. The molecule has 0 aromatic carbocycles. The standard InChI is InChI=1S/C18H18N8O2S2/c1-25(7-12-16(17(19)28)29-9-20-12)22-6-11-13(8-27)26(2)18-15(11)30-14(23-18)5-10-3-4-21-24-10/h3-4,6,8-9H,5,7H2,1-2H3,(H2,19,28)(H,21,24)/b22-6-. The summed E-state index contributed by atoms with van der Waals surface area (Å²) in [4.78, 5) is 32.4. The van der Waals surface area contributed by atoms with Crippen molar-refractivity contribution >= 4 is 51.4 Å². The molecule has 0 aliphatic heterocycles. The van der Waals surface area contributed by atoms with Gasteiger partial charge in [-0.2, -0.15) is 10.2 Å². The van der Waals surface area contributed by atoms with Gasteiger partial charge in [-0.25, -0.2) is 9.97 Å². The Hall–Kier alpha value is -3.38. The van der Waals surface area contributed by atoms with Crippen molar-refractivity contribution in [1.29, 1.82) is 0 Å². The zero-order valence-corrected chi connectivity index (χ0v) is 17.8. The number of amides is 1. The number of hydrazone groups is 1. The Balaban J connectivity index is 1.61. The zero-order chi connectivity index (χ0) is 21.3. The summed E-state index contributed by atoms with van der Waals surface area (Å²) in [5.74, 6) is -0.507. The van der Waals surface area contributed by atoms with Gasteiger partial charge in [0.05, 0.1) is 34.4 Å². The molecule has 3 N–H and O–H groups in total. The predicted octanol–water partition coefficient (Wildman–Crippen LogP) is 1.78. The highest BCUT2D eigenvalue weighted by Gasteiger charge is 2.19. The molecule has 0 aliphatic carbocycles. The van der Waals surface area contributed by atoms with Crippen LogP contribution in [0.4, 0.5) is 0 Å². The van der Waals surface area contributed by atoms with Gasteiger partial charge < -0.3 is 10.3 Å². The average Bonchev–Trinajstić information content (AvgIpc) is 3.47. The van der Waals surface area contributed by atoms with Crippen LogP contribution in [0.5, 0.6) is 0 Å².